The first-order chi connectivity index (χ1) is 12.5. The van der Waals surface area contributed by atoms with Crippen molar-refractivity contribution in [3.8, 4) is 0 Å². The van der Waals surface area contributed by atoms with Gasteiger partial charge < -0.3 is 4.57 Å². The molecule has 0 saturated heterocycles. The highest BCUT2D eigenvalue weighted by Crippen LogP contribution is 2.43. The van der Waals surface area contributed by atoms with Crippen LogP contribution in [-0.2, 0) is 23.0 Å². The van der Waals surface area contributed by atoms with E-state index >= 15 is 0 Å². The molecule has 1 unspecified atom stereocenters. The third-order valence-corrected chi connectivity index (χ3v) is 7.10. The summed E-state index contributed by atoms with van der Waals surface area (Å²) in [6.07, 6.45) is 3.43. The molecule has 1 heterocycles. The van der Waals surface area contributed by atoms with E-state index < -0.39 is 10.0 Å². The molecular formula is C19H21N3O2S2. The summed E-state index contributed by atoms with van der Waals surface area (Å²) in [5.41, 5.74) is 4.42. The van der Waals surface area contributed by atoms with E-state index in [0.717, 1.165) is 30.1 Å². The third-order valence-electron chi connectivity index (χ3n) is 4.89. The van der Waals surface area contributed by atoms with Crippen LogP contribution in [0.3, 0.4) is 0 Å². The summed E-state index contributed by atoms with van der Waals surface area (Å²) in [5.74, 6) is 0. The van der Waals surface area contributed by atoms with E-state index in [2.05, 4.69) is 35.8 Å². The van der Waals surface area contributed by atoms with Crippen LogP contribution >= 0.6 is 11.8 Å². The molecule has 2 aromatic carbocycles. The average molecular weight is 388 g/mol. The molecule has 0 amide bonds. The molecule has 0 radical (unpaired) electrons. The molecular weight excluding hydrogens is 366 g/mol. The van der Waals surface area contributed by atoms with Crippen molar-refractivity contribution in [3.05, 3.63) is 53.6 Å². The van der Waals surface area contributed by atoms with Crippen molar-refractivity contribution in [2.45, 2.75) is 48.0 Å². The van der Waals surface area contributed by atoms with Crippen molar-refractivity contribution >= 4 is 32.8 Å². The Morgan fingerprint density at radius 3 is 2.85 bits per heavy atom. The van der Waals surface area contributed by atoms with Crippen molar-refractivity contribution in [2.75, 3.05) is 0 Å². The third kappa shape index (κ3) is 3.15. The van der Waals surface area contributed by atoms with Gasteiger partial charge in [0, 0.05) is 11.8 Å². The number of aromatic nitrogens is 2. The molecule has 26 heavy (non-hydrogen) atoms. The molecule has 1 aliphatic rings. The minimum absolute atomic E-state index is 0.102. The lowest BCUT2D eigenvalue weighted by Gasteiger charge is -2.24. The monoisotopic (exact) mass is 387 g/mol. The number of fused-ring (bicyclic) bond motifs is 2. The predicted molar refractivity (Wildman–Crippen MR) is 105 cm³/mol. The lowest BCUT2D eigenvalue weighted by Crippen LogP contribution is -2.11. The minimum Gasteiger partial charge on any atom is -0.319 e. The van der Waals surface area contributed by atoms with E-state index in [1.54, 1.807) is 30.0 Å². The summed E-state index contributed by atoms with van der Waals surface area (Å²) >= 11 is 1.77. The van der Waals surface area contributed by atoms with Gasteiger partial charge in [-0.1, -0.05) is 36.0 Å². The fraction of sp³-hybridized carbons (Fsp3) is 0.316. The van der Waals surface area contributed by atoms with Crippen LogP contribution in [-0.4, -0.2) is 18.0 Å². The van der Waals surface area contributed by atoms with Gasteiger partial charge in [-0.05, 0) is 55.5 Å². The highest BCUT2D eigenvalue weighted by Gasteiger charge is 2.23. The first-order valence-electron chi connectivity index (χ1n) is 8.75. The van der Waals surface area contributed by atoms with Crippen LogP contribution in [0.1, 0.15) is 36.1 Å². The van der Waals surface area contributed by atoms with Gasteiger partial charge in [0.1, 0.15) is 0 Å². The van der Waals surface area contributed by atoms with Gasteiger partial charge in [0.25, 0.3) is 0 Å². The molecule has 3 aromatic rings. The topological polar surface area (TPSA) is 78.0 Å². The zero-order valence-corrected chi connectivity index (χ0v) is 16.2. The Morgan fingerprint density at radius 1 is 1.27 bits per heavy atom. The molecule has 7 heteroatoms. The molecule has 1 aromatic heterocycles. The van der Waals surface area contributed by atoms with E-state index in [-0.39, 0.29) is 4.90 Å². The largest absolute Gasteiger partial charge is 0.319 e. The van der Waals surface area contributed by atoms with Crippen LogP contribution in [0.4, 0.5) is 0 Å². The van der Waals surface area contributed by atoms with Gasteiger partial charge in [0.15, 0.2) is 5.16 Å². The van der Waals surface area contributed by atoms with Gasteiger partial charge in [0.05, 0.1) is 15.9 Å². The number of benzene rings is 2. The van der Waals surface area contributed by atoms with Crippen LogP contribution in [0.5, 0.6) is 0 Å². The van der Waals surface area contributed by atoms with Gasteiger partial charge in [-0.15, -0.1) is 0 Å². The van der Waals surface area contributed by atoms with Crippen LogP contribution in [0.25, 0.3) is 11.0 Å². The average Bonchev–Trinajstić information content (AvgIpc) is 2.97. The Morgan fingerprint density at radius 2 is 2.08 bits per heavy atom. The zero-order valence-electron chi connectivity index (χ0n) is 14.6. The standard InChI is InChI=1S/C19H21N3O2S2/c1-2-22-17-11-10-14(26(20,23)24)12-16(17)21-19(22)25-18-9-5-7-13-6-3-4-8-15(13)18/h3-4,6,8,10-12,18H,2,5,7,9H2,1H3,(H2,20,23,24). The number of hydrogen-bond donors (Lipinski definition) is 1. The van der Waals surface area contributed by atoms with Gasteiger partial charge in [-0.3, -0.25) is 0 Å². The molecule has 1 atom stereocenters. The van der Waals surface area contributed by atoms with Crippen molar-refractivity contribution in [1.82, 2.24) is 9.55 Å². The SMILES string of the molecule is CCn1c(SC2CCCc3ccccc32)nc2cc(S(N)(=O)=O)ccc21. The summed E-state index contributed by atoms with van der Waals surface area (Å²) in [7, 11) is -3.73. The molecule has 0 aliphatic heterocycles. The molecule has 0 fully saturated rings. The van der Waals surface area contributed by atoms with Gasteiger partial charge in [-0.2, -0.15) is 0 Å². The number of nitrogens with two attached hydrogens (primary N) is 1. The second-order valence-electron chi connectivity index (χ2n) is 6.53. The summed E-state index contributed by atoms with van der Waals surface area (Å²) in [6, 6.07) is 13.5. The van der Waals surface area contributed by atoms with Gasteiger partial charge in [0.2, 0.25) is 10.0 Å². The smallest absolute Gasteiger partial charge is 0.238 e. The molecule has 2 N–H and O–H groups in total. The van der Waals surface area contributed by atoms with Crippen molar-refractivity contribution in [2.24, 2.45) is 5.14 Å². The van der Waals surface area contributed by atoms with E-state index in [1.807, 2.05) is 0 Å². The highest BCUT2D eigenvalue weighted by molar-refractivity contribution is 7.99. The fourth-order valence-corrected chi connectivity index (χ4v) is 5.55. The van der Waals surface area contributed by atoms with Gasteiger partial charge in [-0.25, -0.2) is 18.5 Å². The fourth-order valence-electron chi connectivity index (χ4n) is 3.62. The first-order valence-corrected chi connectivity index (χ1v) is 11.2. The number of rotatable bonds is 4. The van der Waals surface area contributed by atoms with Crippen LogP contribution in [0.15, 0.2) is 52.5 Å². The van der Waals surface area contributed by atoms with E-state index in [1.165, 1.54) is 17.5 Å². The molecule has 1 aliphatic carbocycles. The Hall–Kier alpha value is -1.83. The number of primary sulfonamides is 1. The summed E-state index contributed by atoms with van der Waals surface area (Å²) in [4.78, 5) is 4.83. The Labute approximate surface area is 157 Å². The molecule has 0 spiro atoms. The number of sulfonamides is 1. The Balaban J connectivity index is 1.75. The second-order valence-corrected chi connectivity index (χ2v) is 9.26. The number of nitrogens with zero attached hydrogens (tertiary/aromatic N) is 2. The first kappa shape index (κ1) is 17.6. The van der Waals surface area contributed by atoms with E-state index in [9.17, 15) is 8.42 Å². The van der Waals surface area contributed by atoms with Crippen molar-refractivity contribution in [3.63, 3.8) is 0 Å². The molecule has 0 saturated carbocycles. The summed E-state index contributed by atoms with van der Waals surface area (Å²) in [6.45, 7) is 2.86. The van der Waals surface area contributed by atoms with Crippen molar-refractivity contribution in [1.29, 1.82) is 0 Å². The number of aryl methyl sites for hydroxylation is 2. The van der Waals surface area contributed by atoms with Crippen LogP contribution < -0.4 is 5.14 Å². The highest BCUT2D eigenvalue weighted by atomic mass is 32.2. The lowest BCUT2D eigenvalue weighted by molar-refractivity contribution is 0.598. The maximum atomic E-state index is 11.6. The molecule has 136 valence electrons. The molecule has 5 nitrogen and oxygen atoms in total. The van der Waals surface area contributed by atoms with Crippen LogP contribution in [0, 0.1) is 0 Å². The quantitative estimate of drug-likeness (QED) is 0.737. The second kappa shape index (κ2) is 6.72. The minimum atomic E-state index is -3.73. The predicted octanol–water partition coefficient (Wildman–Crippen LogP) is 3.87. The normalized spacial score (nSPS) is 17.4. The van der Waals surface area contributed by atoms with E-state index in [0.29, 0.717) is 10.8 Å². The number of thioether (sulfide) groups is 1. The van der Waals surface area contributed by atoms with Crippen molar-refractivity contribution < 1.29 is 8.42 Å². The summed E-state index contributed by atoms with van der Waals surface area (Å²) in [5, 5.41) is 6.56. The Kier molecular flexibility index (Phi) is 4.54. The van der Waals surface area contributed by atoms with Gasteiger partial charge >= 0.3 is 0 Å². The zero-order chi connectivity index (χ0) is 18.3. The maximum absolute atomic E-state index is 11.6. The Bertz CT molecular complexity index is 1070. The maximum Gasteiger partial charge on any atom is 0.238 e. The summed E-state index contributed by atoms with van der Waals surface area (Å²) < 4.78 is 25.4. The van der Waals surface area contributed by atoms with E-state index in [4.69, 9.17) is 10.1 Å². The lowest BCUT2D eigenvalue weighted by atomic mass is 9.91. The molecule has 0 bridgehead atoms. The molecule has 4 rings (SSSR count). The van der Waals surface area contributed by atoms with Crippen LogP contribution in [0.2, 0.25) is 0 Å². The number of imidazole rings is 1. The number of hydrogen-bond acceptors (Lipinski definition) is 4.